The van der Waals surface area contributed by atoms with Gasteiger partial charge < -0.3 is 9.11 Å². The maximum absolute atomic E-state index is 12.0. The molecule has 4 rings (SSSR count). The van der Waals surface area contributed by atoms with Gasteiger partial charge in [-0.15, -0.1) is 0 Å². The van der Waals surface area contributed by atoms with E-state index in [1.54, 1.807) is 12.1 Å². The molecule has 0 aliphatic heterocycles. The van der Waals surface area contributed by atoms with Gasteiger partial charge in [-0.25, -0.2) is 16.8 Å². The van der Waals surface area contributed by atoms with Gasteiger partial charge in [-0.05, 0) is 123 Å². The third-order valence-corrected chi connectivity index (χ3v) is 17.0. The third-order valence-electron chi connectivity index (χ3n) is 15.2. The molecule has 0 atom stereocenters. The number of benzene rings is 2. The van der Waals surface area contributed by atoms with Gasteiger partial charge in [0.15, 0.2) is 0 Å². The van der Waals surface area contributed by atoms with Crippen LogP contribution >= 0.6 is 0 Å². The van der Waals surface area contributed by atoms with Crippen molar-refractivity contribution in [3.05, 3.63) is 57.6 Å². The van der Waals surface area contributed by atoms with Crippen LogP contribution in [0.5, 0.6) is 0 Å². The number of hydrogen-bond acceptors (Lipinski definition) is 6. The molecule has 0 saturated heterocycles. The molecule has 0 unspecified atom stereocenters. The maximum Gasteiger partial charge on any atom is 2.00 e. The first kappa shape index (κ1) is 62.0. The van der Waals surface area contributed by atoms with Gasteiger partial charge in [-0.3, -0.25) is 0 Å². The second-order valence-electron chi connectivity index (χ2n) is 20.8. The Kier molecular flexibility index (Phi) is 34.0. The molecule has 0 bridgehead atoms. The van der Waals surface area contributed by atoms with E-state index in [4.69, 9.17) is 0 Å². The van der Waals surface area contributed by atoms with Gasteiger partial charge in [0.2, 0.25) is 0 Å². The van der Waals surface area contributed by atoms with Gasteiger partial charge in [0.1, 0.15) is 20.2 Å². The standard InChI is InChI=1S/2C29H50O3S.Zn/c2*1-3-4-5-6-7-8-9-10-11-12-13-14-15-19-22-27-25(2)23-24-28(33(30,31)32)29(27)26-20-17-16-18-21-26;/h2*23-24,26H,3-22H2,1-2H3,(H,30,31,32);/q;;+2/p-2. The average molecular weight is 1020 g/mol. The molecular weight excluding hydrogens is 922 g/mol. The first-order valence-corrected chi connectivity index (χ1v) is 30.9. The molecule has 0 N–H and O–H groups in total. The second kappa shape index (κ2) is 36.8. The average Bonchev–Trinajstić information content (AvgIpc) is 3.30. The van der Waals surface area contributed by atoms with E-state index >= 15 is 0 Å². The van der Waals surface area contributed by atoms with Crippen molar-refractivity contribution in [2.24, 2.45) is 0 Å². The number of hydrogen-bond donors (Lipinski definition) is 0. The monoisotopic (exact) mass is 1020 g/mol. The fourth-order valence-corrected chi connectivity index (χ4v) is 12.9. The van der Waals surface area contributed by atoms with Crippen LogP contribution in [0.25, 0.3) is 0 Å². The molecule has 2 aliphatic rings. The minimum Gasteiger partial charge on any atom is -0.744 e. The van der Waals surface area contributed by atoms with E-state index < -0.39 is 20.2 Å². The number of rotatable bonds is 34. The van der Waals surface area contributed by atoms with Crippen molar-refractivity contribution in [2.45, 2.75) is 306 Å². The molecular formula is C58H98O6S2Zn. The summed E-state index contributed by atoms with van der Waals surface area (Å²) in [7, 11) is -8.86. The Labute approximate surface area is 426 Å². The molecule has 0 aromatic heterocycles. The van der Waals surface area contributed by atoms with Crippen molar-refractivity contribution < 1.29 is 45.4 Å². The van der Waals surface area contributed by atoms with Crippen molar-refractivity contribution in [1.82, 2.24) is 0 Å². The van der Waals surface area contributed by atoms with Crippen LogP contribution in [0.1, 0.15) is 303 Å². The predicted octanol–water partition coefficient (Wildman–Crippen LogP) is 17.9. The quantitative estimate of drug-likeness (QED) is 0.0392. The number of aryl methyl sites for hydroxylation is 2. The molecule has 2 saturated carbocycles. The third kappa shape index (κ3) is 25.2. The molecule has 2 aromatic rings. The van der Waals surface area contributed by atoms with E-state index in [1.165, 1.54) is 180 Å². The maximum atomic E-state index is 12.0. The Bertz CT molecular complexity index is 1670. The van der Waals surface area contributed by atoms with Gasteiger partial charge >= 0.3 is 19.5 Å². The zero-order chi connectivity index (χ0) is 47.9. The first-order chi connectivity index (χ1) is 31.9. The van der Waals surface area contributed by atoms with Crippen LogP contribution in [0.15, 0.2) is 34.1 Å². The van der Waals surface area contributed by atoms with Crippen molar-refractivity contribution in [3.8, 4) is 0 Å². The largest absolute Gasteiger partial charge is 2.00 e. The Balaban J connectivity index is 0.000000453. The van der Waals surface area contributed by atoms with Crippen LogP contribution in [-0.4, -0.2) is 25.9 Å². The molecule has 0 spiro atoms. The minimum absolute atomic E-state index is 0. The molecule has 2 aliphatic carbocycles. The predicted molar refractivity (Wildman–Crippen MR) is 278 cm³/mol. The molecule has 0 amide bonds. The van der Waals surface area contributed by atoms with Crippen LogP contribution in [0.3, 0.4) is 0 Å². The van der Waals surface area contributed by atoms with Crippen molar-refractivity contribution >= 4 is 20.2 Å². The van der Waals surface area contributed by atoms with Crippen molar-refractivity contribution in [3.63, 3.8) is 0 Å². The zero-order valence-corrected chi connectivity index (χ0v) is 48.3. The van der Waals surface area contributed by atoms with Gasteiger partial charge in [0.25, 0.3) is 0 Å². The Morgan fingerprint density at radius 3 is 0.866 bits per heavy atom. The SMILES string of the molecule is CCCCCCCCCCCCCCCCc1c(C)ccc(S(=O)(=O)[O-])c1C1CCCCC1.CCCCCCCCCCCCCCCCc1c(C)ccc(S(=O)(=O)[O-])c1C1CCCCC1.[Zn+2]. The molecule has 0 heterocycles. The van der Waals surface area contributed by atoms with Crippen LogP contribution < -0.4 is 0 Å². The Morgan fingerprint density at radius 1 is 0.388 bits per heavy atom. The van der Waals surface area contributed by atoms with Crippen molar-refractivity contribution in [1.29, 1.82) is 0 Å². The molecule has 2 aromatic carbocycles. The molecule has 9 heteroatoms. The van der Waals surface area contributed by atoms with Crippen molar-refractivity contribution in [2.75, 3.05) is 0 Å². The summed E-state index contributed by atoms with van der Waals surface area (Å²) in [6.45, 7) is 8.70. The summed E-state index contributed by atoms with van der Waals surface area (Å²) in [4.78, 5) is 0.112. The summed E-state index contributed by atoms with van der Waals surface area (Å²) >= 11 is 0. The number of unbranched alkanes of at least 4 members (excludes halogenated alkanes) is 26. The normalized spacial score (nSPS) is 15.0. The van der Waals surface area contributed by atoms with E-state index in [-0.39, 0.29) is 41.1 Å². The van der Waals surface area contributed by atoms with Crippen LogP contribution in [0, 0.1) is 13.8 Å². The van der Waals surface area contributed by atoms with Crippen LogP contribution in [-0.2, 0) is 52.6 Å². The molecule has 0 radical (unpaired) electrons. The summed E-state index contributed by atoms with van der Waals surface area (Å²) in [6.07, 6.45) is 50.2. The Hall–Kier alpha value is -1.12. The molecule has 6 nitrogen and oxygen atoms in total. The van der Waals surface area contributed by atoms with Gasteiger partial charge in [-0.2, -0.15) is 0 Å². The smallest absolute Gasteiger partial charge is 0.744 e. The summed E-state index contributed by atoms with van der Waals surface area (Å²) in [5.41, 5.74) is 6.35. The fraction of sp³-hybridized carbons (Fsp3) is 0.793. The van der Waals surface area contributed by atoms with E-state index in [2.05, 4.69) is 27.7 Å². The van der Waals surface area contributed by atoms with Gasteiger partial charge in [-0.1, -0.05) is 231 Å². The fourth-order valence-electron chi connectivity index (χ4n) is 11.3. The molecule has 380 valence electrons. The first-order valence-electron chi connectivity index (χ1n) is 28.1. The Morgan fingerprint density at radius 2 is 0.627 bits per heavy atom. The summed E-state index contributed by atoms with van der Waals surface area (Å²) in [6, 6.07) is 6.82. The van der Waals surface area contributed by atoms with Crippen LogP contribution in [0.4, 0.5) is 0 Å². The van der Waals surface area contributed by atoms with E-state index in [1.807, 2.05) is 12.1 Å². The topological polar surface area (TPSA) is 114 Å². The van der Waals surface area contributed by atoms with Gasteiger partial charge in [0.05, 0.1) is 9.79 Å². The van der Waals surface area contributed by atoms with Crippen LogP contribution in [0.2, 0.25) is 0 Å². The summed E-state index contributed by atoms with van der Waals surface area (Å²) < 4.78 is 72.0. The molecule has 67 heavy (non-hydrogen) atoms. The molecule has 2 fully saturated rings. The summed E-state index contributed by atoms with van der Waals surface area (Å²) in [5, 5.41) is 0. The van der Waals surface area contributed by atoms with E-state index in [0.717, 1.165) is 110 Å². The van der Waals surface area contributed by atoms with Gasteiger partial charge in [0, 0.05) is 0 Å². The minimum atomic E-state index is -4.43. The van der Waals surface area contributed by atoms with E-state index in [0.29, 0.717) is 0 Å². The van der Waals surface area contributed by atoms with E-state index in [9.17, 15) is 25.9 Å². The zero-order valence-electron chi connectivity index (χ0n) is 43.7. The second-order valence-corrected chi connectivity index (χ2v) is 23.5. The summed E-state index contributed by atoms with van der Waals surface area (Å²) in [5.74, 6) is 0.470.